The molecule has 1 unspecified atom stereocenters. The lowest BCUT2D eigenvalue weighted by Gasteiger charge is -2.25. The van der Waals surface area contributed by atoms with Crippen molar-refractivity contribution in [1.29, 1.82) is 0 Å². The Morgan fingerprint density at radius 3 is 2.39 bits per heavy atom. The minimum absolute atomic E-state index is 0.0731. The summed E-state index contributed by atoms with van der Waals surface area (Å²) in [4.78, 5) is 22.7. The molecule has 0 aromatic heterocycles. The Hall–Kier alpha value is -1.10. The van der Waals surface area contributed by atoms with Crippen LogP contribution in [0.3, 0.4) is 0 Å². The molecule has 0 aromatic carbocycles. The fourth-order valence-corrected chi connectivity index (χ4v) is 1.69. The zero-order chi connectivity index (χ0) is 14.0. The number of ether oxygens (including phenoxy) is 1. The van der Waals surface area contributed by atoms with E-state index in [9.17, 15) is 9.59 Å². The summed E-state index contributed by atoms with van der Waals surface area (Å²) in [5.74, 6) is -1.38. The molecule has 5 heteroatoms. The third-order valence-electron chi connectivity index (χ3n) is 2.76. The Kier molecular flexibility index (Phi) is 8.37. The van der Waals surface area contributed by atoms with Crippen molar-refractivity contribution in [2.24, 2.45) is 0 Å². The quantitative estimate of drug-likeness (QED) is 0.588. The molecule has 1 atom stereocenters. The number of nitrogens with one attached hydrogen (secondary N) is 1. The molecule has 0 saturated heterocycles. The molecular weight excluding hydrogens is 234 g/mol. The molecular formula is C13H25NO4. The molecule has 0 spiro atoms. The number of carboxylic acids is 1. The van der Waals surface area contributed by atoms with E-state index in [1.807, 2.05) is 6.92 Å². The molecule has 0 radical (unpaired) electrons. The van der Waals surface area contributed by atoms with Gasteiger partial charge in [-0.05, 0) is 19.8 Å². The number of hydrogen-bond acceptors (Lipinski definition) is 3. The second-order valence-corrected chi connectivity index (χ2v) is 4.70. The largest absolute Gasteiger partial charge is 0.480 e. The highest BCUT2D eigenvalue weighted by Crippen LogP contribution is 2.12. The van der Waals surface area contributed by atoms with E-state index < -0.39 is 11.5 Å². The van der Waals surface area contributed by atoms with Crippen molar-refractivity contribution in [2.75, 3.05) is 13.2 Å². The molecule has 0 aliphatic carbocycles. The van der Waals surface area contributed by atoms with E-state index in [0.717, 1.165) is 19.3 Å². The number of rotatable bonds is 10. The van der Waals surface area contributed by atoms with Gasteiger partial charge in [0.15, 0.2) is 0 Å². The molecule has 2 N–H and O–H groups in total. The lowest BCUT2D eigenvalue weighted by atomic mass is 9.96. The maximum atomic E-state index is 11.6. The van der Waals surface area contributed by atoms with E-state index in [-0.39, 0.29) is 12.5 Å². The lowest BCUT2D eigenvalue weighted by Crippen LogP contribution is -2.53. The number of hydrogen-bond donors (Lipinski definition) is 2. The first-order valence-corrected chi connectivity index (χ1v) is 6.58. The van der Waals surface area contributed by atoms with Gasteiger partial charge >= 0.3 is 5.97 Å². The van der Waals surface area contributed by atoms with Crippen molar-refractivity contribution in [3.8, 4) is 0 Å². The number of carbonyl (C=O) groups excluding carboxylic acids is 1. The third kappa shape index (κ3) is 6.59. The van der Waals surface area contributed by atoms with Gasteiger partial charge in [-0.25, -0.2) is 4.79 Å². The molecule has 0 bridgehead atoms. The molecule has 0 aliphatic rings. The lowest BCUT2D eigenvalue weighted by molar-refractivity contribution is -0.148. The highest BCUT2D eigenvalue weighted by molar-refractivity contribution is 5.87. The zero-order valence-electron chi connectivity index (χ0n) is 11.6. The van der Waals surface area contributed by atoms with Crippen LogP contribution in [-0.4, -0.2) is 35.7 Å². The third-order valence-corrected chi connectivity index (χ3v) is 2.76. The van der Waals surface area contributed by atoms with Gasteiger partial charge in [-0.1, -0.05) is 33.1 Å². The molecule has 0 fully saturated rings. The molecule has 1 amide bonds. The van der Waals surface area contributed by atoms with Crippen LogP contribution in [0.5, 0.6) is 0 Å². The number of carbonyl (C=O) groups is 2. The Morgan fingerprint density at radius 2 is 1.89 bits per heavy atom. The molecule has 0 saturated carbocycles. The zero-order valence-corrected chi connectivity index (χ0v) is 11.6. The van der Waals surface area contributed by atoms with E-state index >= 15 is 0 Å². The van der Waals surface area contributed by atoms with Gasteiger partial charge < -0.3 is 15.2 Å². The average Bonchev–Trinajstić information content (AvgIpc) is 2.28. The number of aliphatic carboxylic acids is 1. The molecule has 0 rings (SSSR count). The first-order valence-electron chi connectivity index (χ1n) is 6.58. The molecule has 0 aromatic rings. The maximum Gasteiger partial charge on any atom is 0.329 e. The van der Waals surface area contributed by atoms with E-state index in [4.69, 9.17) is 9.84 Å². The van der Waals surface area contributed by atoms with Crippen LogP contribution in [0.4, 0.5) is 0 Å². The van der Waals surface area contributed by atoms with Gasteiger partial charge in [0.2, 0.25) is 5.91 Å². The van der Waals surface area contributed by atoms with Gasteiger partial charge in [-0.15, -0.1) is 0 Å². The van der Waals surface area contributed by atoms with Crippen molar-refractivity contribution in [3.05, 3.63) is 0 Å². The van der Waals surface area contributed by atoms with Crippen LogP contribution in [0.25, 0.3) is 0 Å². The molecule has 0 aliphatic heterocycles. The summed E-state index contributed by atoms with van der Waals surface area (Å²) in [5, 5.41) is 11.6. The van der Waals surface area contributed by atoms with E-state index in [0.29, 0.717) is 19.4 Å². The molecule has 106 valence electrons. The van der Waals surface area contributed by atoms with Crippen LogP contribution in [-0.2, 0) is 14.3 Å². The van der Waals surface area contributed by atoms with Gasteiger partial charge in [-0.2, -0.15) is 0 Å². The second-order valence-electron chi connectivity index (χ2n) is 4.70. The van der Waals surface area contributed by atoms with Crippen LogP contribution in [0, 0.1) is 0 Å². The molecule has 18 heavy (non-hydrogen) atoms. The standard InChI is InChI=1S/C13H25NO4/c1-4-6-7-9-18-10-11(15)14-13(3,8-5-2)12(16)17/h4-10H2,1-3H3,(H,14,15)(H,16,17). The summed E-state index contributed by atoms with van der Waals surface area (Å²) in [6.45, 7) is 5.97. The van der Waals surface area contributed by atoms with Crippen molar-refractivity contribution in [2.45, 2.75) is 58.4 Å². The van der Waals surface area contributed by atoms with Crippen LogP contribution in [0.2, 0.25) is 0 Å². The minimum Gasteiger partial charge on any atom is -0.480 e. The van der Waals surface area contributed by atoms with Gasteiger partial charge in [0.05, 0.1) is 0 Å². The highest BCUT2D eigenvalue weighted by atomic mass is 16.5. The number of carboxylic acid groups (broad SMARTS) is 1. The van der Waals surface area contributed by atoms with Crippen molar-refractivity contribution in [1.82, 2.24) is 5.32 Å². The van der Waals surface area contributed by atoms with Crippen molar-refractivity contribution >= 4 is 11.9 Å². The smallest absolute Gasteiger partial charge is 0.329 e. The minimum atomic E-state index is -1.20. The van der Waals surface area contributed by atoms with Gasteiger partial charge in [0.1, 0.15) is 12.1 Å². The van der Waals surface area contributed by atoms with E-state index in [1.54, 1.807) is 0 Å². The fourth-order valence-electron chi connectivity index (χ4n) is 1.69. The Balaban J connectivity index is 4.00. The summed E-state index contributed by atoms with van der Waals surface area (Å²) < 4.78 is 5.20. The predicted molar refractivity (Wildman–Crippen MR) is 69.4 cm³/mol. The topological polar surface area (TPSA) is 75.6 Å². The normalized spacial score (nSPS) is 13.9. The summed E-state index contributed by atoms with van der Waals surface area (Å²) in [6.07, 6.45) is 4.20. The van der Waals surface area contributed by atoms with Crippen molar-refractivity contribution < 1.29 is 19.4 Å². The average molecular weight is 259 g/mol. The van der Waals surface area contributed by atoms with Crippen LogP contribution in [0.1, 0.15) is 52.9 Å². The van der Waals surface area contributed by atoms with Crippen LogP contribution < -0.4 is 5.32 Å². The van der Waals surface area contributed by atoms with Crippen LogP contribution >= 0.6 is 0 Å². The first-order chi connectivity index (χ1) is 8.46. The highest BCUT2D eigenvalue weighted by Gasteiger charge is 2.33. The first kappa shape index (κ1) is 16.9. The van der Waals surface area contributed by atoms with Gasteiger partial charge in [0, 0.05) is 6.61 Å². The monoisotopic (exact) mass is 259 g/mol. The fraction of sp³-hybridized carbons (Fsp3) is 0.846. The molecule has 0 heterocycles. The SMILES string of the molecule is CCCCCOCC(=O)NC(C)(CCC)C(=O)O. The predicted octanol–water partition coefficient (Wildman–Crippen LogP) is 1.95. The number of unbranched alkanes of at least 4 members (excludes halogenated alkanes) is 2. The molecule has 5 nitrogen and oxygen atoms in total. The van der Waals surface area contributed by atoms with Crippen molar-refractivity contribution in [3.63, 3.8) is 0 Å². The Labute approximate surface area is 109 Å². The van der Waals surface area contributed by atoms with E-state index in [2.05, 4.69) is 12.2 Å². The van der Waals surface area contributed by atoms with Gasteiger partial charge in [0.25, 0.3) is 0 Å². The summed E-state index contributed by atoms with van der Waals surface area (Å²) in [5.41, 5.74) is -1.20. The second kappa shape index (κ2) is 8.91. The summed E-state index contributed by atoms with van der Waals surface area (Å²) in [6, 6.07) is 0. The summed E-state index contributed by atoms with van der Waals surface area (Å²) >= 11 is 0. The maximum absolute atomic E-state index is 11.6. The summed E-state index contributed by atoms with van der Waals surface area (Å²) in [7, 11) is 0. The Bertz CT molecular complexity index is 268. The number of amides is 1. The van der Waals surface area contributed by atoms with Crippen LogP contribution in [0.15, 0.2) is 0 Å². The van der Waals surface area contributed by atoms with Gasteiger partial charge in [-0.3, -0.25) is 4.79 Å². The van der Waals surface area contributed by atoms with E-state index in [1.165, 1.54) is 6.92 Å². The Morgan fingerprint density at radius 1 is 1.22 bits per heavy atom.